The molecule has 5 nitrogen and oxygen atoms in total. The molecule has 0 atom stereocenters. The summed E-state index contributed by atoms with van der Waals surface area (Å²) in [6.45, 7) is 0.615. The van der Waals surface area contributed by atoms with Crippen molar-refractivity contribution in [2.24, 2.45) is 0 Å². The van der Waals surface area contributed by atoms with Gasteiger partial charge in [-0.1, -0.05) is 53.6 Å². The summed E-state index contributed by atoms with van der Waals surface area (Å²) in [6, 6.07) is 19.8. The molecule has 0 unspecified atom stereocenters. The largest absolute Gasteiger partial charge is 0.322 e. The number of benzene rings is 2. The van der Waals surface area contributed by atoms with Gasteiger partial charge in [-0.05, 0) is 22.9 Å². The van der Waals surface area contributed by atoms with E-state index in [0.29, 0.717) is 12.5 Å². The highest BCUT2D eigenvalue weighted by Crippen LogP contribution is 2.10. The van der Waals surface area contributed by atoms with Crippen LogP contribution in [0.5, 0.6) is 0 Å². The molecule has 3 rings (SSSR count). The maximum Gasteiger partial charge on any atom is 0.267 e. The van der Waals surface area contributed by atoms with Crippen LogP contribution in [0.3, 0.4) is 0 Å². The Balaban J connectivity index is 1.70. The molecule has 19 heavy (non-hydrogen) atoms. The first kappa shape index (κ1) is 11.4. The molecule has 3 aromatic rings. The van der Waals surface area contributed by atoms with Crippen molar-refractivity contribution >= 4 is 11.6 Å². The molecule has 1 aromatic heterocycles. The molecule has 2 aromatic carbocycles. The molecular weight excluding hydrogens is 238 g/mol. The normalized spacial score (nSPS) is 10.3. The molecule has 5 heteroatoms. The van der Waals surface area contributed by atoms with Gasteiger partial charge in [0, 0.05) is 5.69 Å². The van der Waals surface area contributed by atoms with Crippen molar-refractivity contribution in [3.05, 3.63) is 66.2 Å². The highest BCUT2D eigenvalue weighted by atomic mass is 15.6. The van der Waals surface area contributed by atoms with Gasteiger partial charge in [-0.15, -0.1) is 5.10 Å². The zero-order chi connectivity index (χ0) is 12.9. The Kier molecular flexibility index (Phi) is 3.18. The predicted octanol–water partition coefficient (Wildman–Crippen LogP) is 2.47. The number of rotatable bonds is 4. The first-order valence-corrected chi connectivity index (χ1v) is 6.04. The highest BCUT2D eigenvalue weighted by molar-refractivity contribution is 5.51. The van der Waals surface area contributed by atoms with Crippen LogP contribution in [0.4, 0.5) is 11.6 Å². The second-order valence-corrected chi connectivity index (χ2v) is 4.12. The van der Waals surface area contributed by atoms with Crippen molar-refractivity contribution in [2.45, 2.75) is 6.54 Å². The fourth-order valence-corrected chi connectivity index (χ4v) is 1.76. The van der Waals surface area contributed by atoms with Crippen LogP contribution in [-0.4, -0.2) is 20.2 Å². The molecule has 0 saturated carbocycles. The van der Waals surface area contributed by atoms with Gasteiger partial charge >= 0.3 is 0 Å². The zero-order valence-electron chi connectivity index (χ0n) is 10.3. The van der Waals surface area contributed by atoms with Crippen LogP contribution in [0.25, 0.3) is 0 Å². The van der Waals surface area contributed by atoms with Crippen LogP contribution < -0.4 is 5.32 Å². The minimum atomic E-state index is 0.502. The van der Waals surface area contributed by atoms with E-state index in [-0.39, 0.29) is 0 Å². The van der Waals surface area contributed by atoms with E-state index < -0.39 is 0 Å². The van der Waals surface area contributed by atoms with Crippen molar-refractivity contribution in [1.29, 1.82) is 0 Å². The predicted molar refractivity (Wildman–Crippen MR) is 73.1 cm³/mol. The molecule has 0 saturated heterocycles. The third-order valence-corrected chi connectivity index (χ3v) is 2.65. The highest BCUT2D eigenvalue weighted by Gasteiger charge is 2.03. The number of nitrogens with one attached hydrogen (secondary N) is 1. The molecular formula is C14H13N5. The third kappa shape index (κ3) is 2.95. The van der Waals surface area contributed by atoms with Crippen LogP contribution >= 0.6 is 0 Å². The molecule has 0 bridgehead atoms. The van der Waals surface area contributed by atoms with E-state index >= 15 is 0 Å². The quantitative estimate of drug-likeness (QED) is 0.774. The van der Waals surface area contributed by atoms with E-state index in [2.05, 4.69) is 20.7 Å². The van der Waals surface area contributed by atoms with Crippen LogP contribution in [0.15, 0.2) is 60.7 Å². The lowest BCUT2D eigenvalue weighted by molar-refractivity contribution is 0.573. The molecule has 0 amide bonds. The number of aromatic nitrogens is 4. The second kappa shape index (κ2) is 5.30. The number of para-hydroxylation sites is 1. The van der Waals surface area contributed by atoms with E-state index in [1.807, 2.05) is 60.7 Å². The lowest BCUT2D eigenvalue weighted by Gasteiger charge is -2.00. The Morgan fingerprint density at radius 3 is 2.32 bits per heavy atom. The Hall–Kier alpha value is -2.69. The summed E-state index contributed by atoms with van der Waals surface area (Å²) in [5.41, 5.74) is 2.09. The van der Waals surface area contributed by atoms with E-state index in [1.54, 1.807) is 4.80 Å². The lowest BCUT2D eigenvalue weighted by atomic mass is 10.2. The molecule has 94 valence electrons. The van der Waals surface area contributed by atoms with Crippen LogP contribution in [0.1, 0.15) is 5.56 Å². The molecule has 0 radical (unpaired) electrons. The van der Waals surface area contributed by atoms with E-state index in [9.17, 15) is 0 Å². The Bertz CT molecular complexity index is 577. The standard InChI is InChI=1S/C14H13N5/c1-3-7-12(8-4-1)11-19-17-14(16-18-19)15-13-9-5-2-6-10-13/h1-10H,11H2,(H,15,17). The summed E-state index contributed by atoms with van der Waals surface area (Å²) in [4.78, 5) is 1.57. The topological polar surface area (TPSA) is 55.6 Å². The molecule has 0 aliphatic rings. The number of tetrazole rings is 1. The van der Waals surface area contributed by atoms with Crippen molar-refractivity contribution in [3.8, 4) is 0 Å². The molecule has 0 aliphatic carbocycles. The van der Waals surface area contributed by atoms with Gasteiger partial charge in [0.05, 0.1) is 6.54 Å². The second-order valence-electron chi connectivity index (χ2n) is 4.12. The zero-order valence-corrected chi connectivity index (χ0v) is 10.3. The minimum Gasteiger partial charge on any atom is -0.322 e. The number of hydrogen-bond donors (Lipinski definition) is 1. The van der Waals surface area contributed by atoms with Gasteiger partial charge in [0.15, 0.2) is 0 Å². The average molecular weight is 251 g/mol. The summed E-state index contributed by atoms with van der Waals surface area (Å²) in [5, 5.41) is 15.4. The van der Waals surface area contributed by atoms with E-state index in [4.69, 9.17) is 0 Å². The summed E-state index contributed by atoms with van der Waals surface area (Å²) < 4.78 is 0. The lowest BCUT2D eigenvalue weighted by Crippen LogP contribution is -2.04. The van der Waals surface area contributed by atoms with Gasteiger partial charge in [-0.25, -0.2) is 0 Å². The van der Waals surface area contributed by atoms with Gasteiger partial charge in [0.25, 0.3) is 5.95 Å². The van der Waals surface area contributed by atoms with Crippen molar-refractivity contribution in [1.82, 2.24) is 20.2 Å². The molecule has 0 spiro atoms. The summed E-state index contributed by atoms with van der Waals surface area (Å²) in [6.07, 6.45) is 0. The molecule has 0 fully saturated rings. The summed E-state index contributed by atoms with van der Waals surface area (Å²) >= 11 is 0. The smallest absolute Gasteiger partial charge is 0.267 e. The molecule has 1 N–H and O–H groups in total. The monoisotopic (exact) mass is 251 g/mol. The van der Waals surface area contributed by atoms with E-state index in [0.717, 1.165) is 11.3 Å². The van der Waals surface area contributed by atoms with Gasteiger partial charge in [0.2, 0.25) is 0 Å². The SMILES string of the molecule is c1ccc(Cn2nnc(Nc3ccccc3)n2)cc1. The first-order chi connectivity index (χ1) is 9.40. The van der Waals surface area contributed by atoms with Crippen molar-refractivity contribution in [2.75, 3.05) is 5.32 Å². The Morgan fingerprint density at radius 1 is 0.895 bits per heavy atom. The van der Waals surface area contributed by atoms with Crippen LogP contribution in [-0.2, 0) is 6.54 Å². The van der Waals surface area contributed by atoms with Crippen molar-refractivity contribution < 1.29 is 0 Å². The Morgan fingerprint density at radius 2 is 1.58 bits per heavy atom. The van der Waals surface area contributed by atoms with Crippen LogP contribution in [0.2, 0.25) is 0 Å². The first-order valence-electron chi connectivity index (χ1n) is 6.04. The fourth-order valence-electron chi connectivity index (χ4n) is 1.76. The van der Waals surface area contributed by atoms with Gasteiger partial charge < -0.3 is 5.32 Å². The van der Waals surface area contributed by atoms with E-state index in [1.165, 1.54) is 0 Å². The molecule has 0 aliphatic heterocycles. The van der Waals surface area contributed by atoms with Gasteiger partial charge in [0.1, 0.15) is 0 Å². The number of nitrogens with zero attached hydrogens (tertiary/aromatic N) is 4. The fraction of sp³-hybridized carbons (Fsp3) is 0.0714. The Labute approximate surface area is 110 Å². The van der Waals surface area contributed by atoms with Crippen LogP contribution in [0, 0.1) is 0 Å². The van der Waals surface area contributed by atoms with Gasteiger partial charge in [-0.2, -0.15) is 4.80 Å². The van der Waals surface area contributed by atoms with Gasteiger partial charge in [-0.3, -0.25) is 0 Å². The maximum absolute atomic E-state index is 4.28. The maximum atomic E-state index is 4.28. The number of anilines is 2. The third-order valence-electron chi connectivity index (χ3n) is 2.65. The summed E-state index contributed by atoms with van der Waals surface area (Å²) in [7, 11) is 0. The average Bonchev–Trinajstić information content (AvgIpc) is 2.88. The summed E-state index contributed by atoms with van der Waals surface area (Å²) in [5.74, 6) is 0.502. The van der Waals surface area contributed by atoms with Crippen molar-refractivity contribution in [3.63, 3.8) is 0 Å². The number of hydrogen-bond acceptors (Lipinski definition) is 4. The minimum absolute atomic E-state index is 0.502. The molecule has 1 heterocycles.